The number of hydrogen-bond acceptors (Lipinski definition) is 6. The minimum absolute atomic E-state index is 0. The summed E-state index contributed by atoms with van der Waals surface area (Å²) in [7, 11) is 1.83. The van der Waals surface area contributed by atoms with Crippen LogP contribution >= 0.6 is 36.2 Å². The van der Waals surface area contributed by atoms with Crippen LogP contribution in [0.2, 0.25) is 0 Å². The molecule has 0 radical (unpaired) electrons. The highest BCUT2D eigenvalue weighted by Gasteiger charge is 2.27. The number of rotatable bonds is 6. The summed E-state index contributed by atoms with van der Waals surface area (Å²) in [6.45, 7) is 4.16. The number of ether oxygens (including phenoxy) is 1. The quantitative estimate of drug-likeness (QED) is 0.775. The molecular weight excluding hydrogens is 397 g/mol. The molecule has 0 aliphatic carbocycles. The molecule has 0 bridgehead atoms. The van der Waals surface area contributed by atoms with Crippen LogP contribution in [0.25, 0.3) is 0 Å². The van der Waals surface area contributed by atoms with Gasteiger partial charge < -0.3 is 19.8 Å². The van der Waals surface area contributed by atoms with Crippen LogP contribution in [0.1, 0.15) is 27.0 Å². The van der Waals surface area contributed by atoms with E-state index >= 15 is 0 Å². The third-order valence-electron chi connectivity index (χ3n) is 4.25. The fraction of sp³-hybridized carbons (Fsp3) is 0.471. The number of carbonyl (C=O) groups is 1. The minimum Gasteiger partial charge on any atom is -0.467 e. The van der Waals surface area contributed by atoms with Crippen molar-refractivity contribution in [2.75, 3.05) is 39.9 Å². The molecule has 1 saturated heterocycles. The van der Waals surface area contributed by atoms with Crippen molar-refractivity contribution >= 4 is 42.1 Å². The molecule has 0 aromatic carbocycles. The summed E-state index contributed by atoms with van der Waals surface area (Å²) in [6.07, 6.45) is 1.48. The lowest BCUT2D eigenvalue weighted by molar-refractivity contribution is 0.0104. The van der Waals surface area contributed by atoms with Gasteiger partial charge in [0.05, 0.1) is 31.4 Å². The van der Waals surface area contributed by atoms with E-state index in [4.69, 9.17) is 14.9 Å². The molecule has 2 N–H and O–H groups in total. The Labute approximate surface area is 170 Å². The van der Waals surface area contributed by atoms with Gasteiger partial charge in [-0.2, -0.15) is 0 Å². The smallest absolute Gasteiger partial charge is 0.256 e. The van der Waals surface area contributed by atoms with Crippen molar-refractivity contribution in [2.45, 2.75) is 12.6 Å². The second-order valence-electron chi connectivity index (χ2n) is 5.87. The third kappa shape index (κ3) is 5.45. The van der Waals surface area contributed by atoms with Crippen LogP contribution in [0.15, 0.2) is 34.3 Å². The number of nitrogens with zero attached hydrogens (tertiary/aromatic N) is 2. The number of amides is 1. The Balaban J connectivity index is 0.00000169. The van der Waals surface area contributed by atoms with Crippen LogP contribution in [-0.2, 0) is 11.3 Å². The van der Waals surface area contributed by atoms with E-state index in [1.807, 2.05) is 7.05 Å². The van der Waals surface area contributed by atoms with Crippen molar-refractivity contribution in [2.24, 2.45) is 5.73 Å². The zero-order valence-corrected chi connectivity index (χ0v) is 17.1. The first-order valence-electron chi connectivity index (χ1n) is 8.07. The van der Waals surface area contributed by atoms with Crippen molar-refractivity contribution in [1.29, 1.82) is 0 Å². The average Bonchev–Trinajstić information content (AvgIpc) is 3.31. The Kier molecular flexibility index (Phi) is 9.63. The lowest BCUT2D eigenvalue weighted by Gasteiger charge is -2.36. The van der Waals surface area contributed by atoms with Crippen molar-refractivity contribution in [1.82, 2.24) is 9.80 Å². The Morgan fingerprint density at radius 2 is 2.12 bits per heavy atom. The van der Waals surface area contributed by atoms with Gasteiger partial charge in [0.1, 0.15) is 12.0 Å². The largest absolute Gasteiger partial charge is 0.467 e. The zero-order valence-electron chi connectivity index (χ0n) is 14.6. The van der Waals surface area contributed by atoms with Gasteiger partial charge in [0.25, 0.3) is 5.91 Å². The molecule has 1 amide bonds. The Hall–Kier alpha value is -1.09. The number of likely N-dealkylation sites (N-methyl/N-ethyl adjacent to an activating group) is 1. The van der Waals surface area contributed by atoms with Crippen LogP contribution in [0, 0.1) is 0 Å². The summed E-state index contributed by atoms with van der Waals surface area (Å²) >= 11 is 1.73. The summed E-state index contributed by atoms with van der Waals surface area (Å²) in [5, 5.41) is 2.08. The first kappa shape index (κ1) is 23.0. The van der Waals surface area contributed by atoms with Gasteiger partial charge in [0.2, 0.25) is 0 Å². The zero-order chi connectivity index (χ0) is 16.9. The number of carbonyl (C=O) groups excluding carboxylic acids is 1. The average molecular weight is 422 g/mol. The van der Waals surface area contributed by atoms with Gasteiger partial charge in [-0.1, -0.05) is 6.07 Å². The molecule has 3 heterocycles. The molecule has 1 aliphatic heterocycles. The van der Waals surface area contributed by atoms with Crippen LogP contribution in [0.4, 0.5) is 0 Å². The van der Waals surface area contributed by atoms with E-state index in [9.17, 15) is 4.79 Å². The van der Waals surface area contributed by atoms with E-state index < -0.39 is 0 Å². The summed E-state index contributed by atoms with van der Waals surface area (Å²) in [6, 6.07) is 6.09. The second kappa shape index (κ2) is 10.9. The van der Waals surface area contributed by atoms with Crippen molar-refractivity contribution in [3.05, 3.63) is 46.0 Å². The number of morpholine rings is 1. The van der Waals surface area contributed by atoms with E-state index in [1.54, 1.807) is 22.3 Å². The number of nitrogens with two attached hydrogens (primary N) is 1. The van der Waals surface area contributed by atoms with Gasteiger partial charge in [-0.25, -0.2) is 0 Å². The molecule has 146 valence electrons. The summed E-state index contributed by atoms with van der Waals surface area (Å²) in [4.78, 5) is 18.1. The molecule has 1 unspecified atom stereocenters. The van der Waals surface area contributed by atoms with Crippen LogP contribution in [-0.4, -0.2) is 55.6 Å². The van der Waals surface area contributed by atoms with Crippen molar-refractivity contribution < 1.29 is 13.9 Å². The highest BCUT2D eigenvalue weighted by atomic mass is 35.5. The lowest BCUT2D eigenvalue weighted by atomic mass is 10.1. The Morgan fingerprint density at radius 1 is 1.38 bits per heavy atom. The van der Waals surface area contributed by atoms with E-state index in [0.29, 0.717) is 24.4 Å². The number of furan rings is 1. The second-order valence-corrected chi connectivity index (χ2v) is 6.85. The molecule has 1 fully saturated rings. The molecule has 1 aliphatic rings. The fourth-order valence-electron chi connectivity index (χ4n) is 2.92. The monoisotopic (exact) mass is 421 g/mol. The molecule has 9 heteroatoms. The highest BCUT2D eigenvalue weighted by molar-refractivity contribution is 7.10. The fourth-order valence-corrected chi connectivity index (χ4v) is 3.77. The van der Waals surface area contributed by atoms with E-state index in [2.05, 4.69) is 22.4 Å². The molecule has 2 aromatic heterocycles. The summed E-state index contributed by atoms with van der Waals surface area (Å²) in [5.74, 6) is 0.572. The number of halogens is 2. The molecule has 26 heavy (non-hydrogen) atoms. The number of thiophene rings is 1. The van der Waals surface area contributed by atoms with Crippen molar-refractivity contribution in [3.8, 4) is 0 Å². The van der Waals surface area contributed by atoms with Gasteiger partial charge >= 0.3 is 0 Å². The molecule has 6 nitrogen and oxygen atoms in total. The molecular formula is C17H25Cl2N3O3S. The first-order valence-corrected chi connectivity index (χ1v) is 8.95. The normalized spacial score (nSPS) is 15.6. The van der Waals surface area contributed by atoms with Gasteiger partial charge in [0, 0.05) is 31.6 Å². The predicted octanol–water partition coefficient (Wildman–Crippen LogP) is 2.79. The van der Waals surface area contributed by atoms with E-state index in [0.717, 1.165) is 26.3 Å². The Morgan fingerprint density at radius 3 is 2.69 bits per heavy atom. The molecule has 0 spiro atoms. The topological polar surface area (TPSA) is 71.9 Å². The molecule has 1 atom stereocenters. The maximum absolute atomic E-state index is 12.6. The predicted molar refractivity (Wildman–Crippen MR) is 108 cm³/mol. The maximum Gasteiger partial charge on any atom is 0.256 e. The lowest BCUT2D eigenvalue weighted by Crippen LogP contribution is -2.44. The van der Waals surface area contributed by atoms with Gasteiger partial charge in [-0.3, -0.25) is 9.69 Å². The van der Waals surface area contributed by atoms with Crippen LogP contribution in [0.3, 0.4) is 0 Å². The molecule has 0 saturated carbocycles. The molecule has 2 aromatic rings. The third-order valence-corrected chi connectivity index (χ3v) is 5.23. The SMILES string of the molecule is CN(CC(c1cccs1)N1CCOCC1)C(=O)c1coc(CN)c1.Cl.Cl. The van der Waals surface area contributed by atoms with Gasteiger partial charge in [-0.05, 0) is 17.5 Å². The van der Waals surface area contributed by atoms with E-state index in [-0.39, 0.29) is 36.8 Å². The maximum atomic E-state index is 12.6. The first-order chi connectivity index (χ1) is 11.7. The van der Waals surface area contributed by atoms with Gasteiger partial charge in [-0.15, -0.1) is 36.2 Å². The van der Waals surface area contributed by atoms with Gasteiger partial charge in [0.15, 0.2) is 0 Å². The summed E-state index contributed by atoms with van der Waals surface area (Å²) in [5.41, 5.74) is 6.09. The minimum atomic E-state index is -0.0479. The highest BCUT2D eigenvalue weighted by Crippen LogP contribution is 2.27. The standard InChI is InChI=1S/C17H23N3O3S.2ClH/c1-19(17(21)13-9-14(10-18)23-12-13)11-15(16-3-2-8-24-16)20-4-6-22-7-5-20;;/h2-3,8-9,12,15H,4-7,10-11,18H2,1H3;2*1H. The molecule has 3 rings (SSSR count). The van der Waals surface area contributed by atoms with E-state index in [1.165, 1.54) is 11.1 Å². The summed E-state index contributed by atoms with van der Waals surface area (Å²) < 4.78 is 10.7. The number of hydrogen-bond donors (Lipinski definition) is 1. The van der Waals surface area contributed by atoms with Crippen LogP contribution in [0.5, 0.6) is 0 Å². The van der Waals surface area contributed by atoms with Crippen LogP contribution < -0.4 is 5.73 Å². The van der Waals surface area contributed by atoms with Crippen molar-refractivity contribution in [3.63, 3.8) is 0 Å². The Bertz CT molecular complexity index is 660.